The van der Waals surface area contributed by atoms with E-state index in [2.05, 4.69) is 39.7 Å². The van der Waals surface area contributed by atoms with Gasteiger partial charge in [-0.15, -0.1) is 5.10 Å². The van der Waals surface area contributed by atoms with Crippen molar-refractivity contribution in [3.8, 4) is 0 Å². The molecule has 2 heterocycles. The Morgan fingerprint density at radius 3 is 2.74 bits per heavy atom. The van der Waals surface area contributed by atoms with Crippen molar-refractivity contribution in [3.63, 3.8) is 0 Å². The number of aromatic nitrogens is 3. The number of aryl methyl sites for hydroxylation is 1. The summed E-state index contributed by atoms with van der Waals surface area (Å²) < 4.78 is 1.81. The molecule has 4 nitrogen and oxygen atoms in total. The molecular weight excluding hydrogens is 236 g/mol. The molecule has 96 valence electrons. The molecule has 3 aromatic rings. The van der Waals surface area contributed by atoms with Crippen LogP contribution >= 0.6 is 0 Å². The van der Waals surface area contributed by atoms with Gasteiger partial charge in [0.2, 0.25) is 5.95 Å². The predicted octanol–water partition coefficient (Wildman–Crippen LogP) is 2.69. The standard InChI is InChI=1S/C15H16N4/c1-12-6-5-11-19-14(12)17-15(18-19)16-10-9-13-7-3-2-4-8-13/h2-8,11H,9-10H2,1H3,(H,16,18). The quantitative estimate of drug-likeness (QED) is 0.776. The molecule has 0 unspecified atom stereocenters. The Kier molecular flexibility index (Phi) is 3.14. The highest BCUT2D eigenvalue weighted by molar-refractivity contribution is 5.49. The lowest BCUT2D eigenvalue weighted by Gasteiger charge is -2.01. The molecule has 0 fully saturated rings. The number of fused-ring (bicyclic) bond motifs is 1. The highest BCUT2D eigenvalue weighted by Gasteiger charge is 2.04. The van der Waals surface area contributed by atoms with Crippen molar-refractivity contribution in [2.75, 3.05) is 11.9 Å². The summed E-state index contributed by atoms with van der Waals surface area (Å²) in [5.41, 5.74) is 3.35. The summed E-state index contributed by atoms with van der Waals surface area (Å²) >= 11 is 0. The molecule has 0 aliphatic rings. The van der Waals surface area contributed by atoms with Crippen LogP contribution in [0.25, 0.3) is 5.65 Å². The Bertz CT molecular complexity index is 673. The van der Waals surface area contributed by atoms with Gasteiger partial charge < -0.3 is 5.32 Å². The number of benzene rings is 1. The second-order valence-corrected chi connectivity index (χ2v) is 4.56. The maximum atomic E-state index is 4.48. The van der Waals surface area contributed by atoms with Crippen molar-refractivity contribution in [2.45, 2.75) is 13.3 Å². The normalized spacial score (nSPS) is 10.8. The number of nitrogens with zero attached hydrogens (tertiary/aromatic N) is 3. The molecule has 0 bridgehead atoms. The fraction of sp³-hybridized carbons (Fsp3) is 0.200. The number of pyridine rings is 1. The summed E-state index contributed by atoms with van der Waals surface area (Å²) in [7, 11) is 0. The van der Waals surface area contributed by atoms with Crippen LogP contribution in [0.1, 0.15) is 11.1 Å². The zero-order chi connectivity index (χ0) is 13.1. The molecule has 0 amide bonds. The summed E-state index contributed by atoms with van der Waals surface area (Å²) in [6.07, 6.45) is 2.88. The van der Waals surface area contributed by atoms with E-state index in [9.17, 15) is 0 Å². The van der Waals surface area contributed by atoms with E-state index in [1.165, 1.54) is 5.56 Å². The van der Waals surface area contributed by atoms with E-state index < -0.39 is 0 Å². The Morgan fingerprint density at radius 2 is 1.95 bits per heavy atom. The van der Waals surface area contributed by atoms with Crippen molar-refractivity contribution in [1.29, 1.82) is 0 Å². The van der Waals surface area contributed by atoms with Gasteiger partial charge in [0.15, 0.2) is 5.65 Å². The smallest absolute Gasteiger partial charge is 0.243 e. The van der Waals surface area contributed by atoms with Crippen LogP contribution in [-0.4, -0.2) is 21.1 Å². The first-order valence-electron chi connectivity index (χ1n) is 6.43. The van der Waals surface area contributed by atoms with E-state index in [-0.39, 0.29) is 0 Å². The van der Waals surface area contributed by atoms with Gasteiger partial charge in [0.25, 0.3) is 0 Å². The topological polar surface area (TPSA) is 42.2 Å². The Morgan fingerprint density at radius 1 is 1.11 bits per heavy atom. The molecular formula is C15H16N4. The highest BCUT2D eigenvalue weighted by Crippen LogP contribution is 2.09. The largest absolute Gasteiger partial charge is 0.353 e. The van der Waals surface area contributed by atoms with E-state index in [0.29, 0.717) is 5.95 Å². The first-order valence-corrected chi connectivity index (χ1v) is 6.43. The van der Waals surface area contributed by atoms with Gasteiger partial charge in [-0.3, -0.25) is 0 Å². The van der Waals surface area contributed by atoms with Gasteiger partial charge in [0, 0.05) is 12.7 Å². The molecule has 0 aliphatic carbocycles. The van der Waals surface area contributed by atoms with Crippen LogP contribution in [0.3, 0.4) is 0 Å². The van der Waals surface area contributed by atoms with Crippen LogP contribution in [0.5, 0.6) is 0 Å². The van der Waals surface area contributed by atoms with Gasteiger partial charge in [0.05, 0.1) is 0 Å². The fourth-order valence-electron chi connectivity index (χ4n) is 2.08. The summed E-state index contributed by atoms with van der Waals surface area (Å²) in [4.78, 5) is 4.48. The van der Waals surface area contributed by atoms with Crippen LogP contribution in [0.2, 0.25) is 0 Å². The third-order valence-electron chi connectivity index (χ3n) is 3.10. The number of nitrogens with one attached hydrogen (secondary N) is 1. The van der Waals surface area contributed by atoms with E-state index in [0.717, 1.165) is 24.2 Å². The van der Waals surface area contributed by atoms with E-state index >= 15 is 0 Å². The lowest BCUT2D eigenvalue weighted by atomic mass is 10.1. The molecule has 2 aromatic heterocycles. The minimum absolute atomic E-state index is 0.685. The number of anilines is 1. The van der Waals surface area contributed by atoms with E-state index in [1.807, 2.05) is 31.3 Å². The minimum Gasteiger partial charge on any atom is -0.353 e. The molecule has 1 aromatic carbocycles. The van der Waals surface area contributed by atoms with E-state index in [1.54, 1.807) is 4.52 Å². The number of rotatable bonds is 4. The molecule has 0 saturated carbocycles. The SMILES string of the molecule is Cc1cccn2nc(NCCc3ccccc3)nc12. The van der Waals surface area contributed by atoms with Crippen LogP contribution < -0.4 is 5.32 Å². The molecule has 3 rings (SSSR count). The minimum atomic E-state index is 0.685. The molecule has 0 saturated heterocycles. The molecule has 0 radical (unpaired) electrons. The fourth-order valence-corrected chi connectivity index (χ4v) is 2.08. The molecule has 4 heteroatoms. The first kappa shape index (κ1) is 11.7. The summed E-state index contributed by atoms with van der Waals surface area (Å²) in [5, 5.41) is 7.67. The van der Waals surface area contributed by atoms with Crippen LogP contribution in [-0.2, 0) is 6.42 Å². The zero-order valence-electron chi connectivity index (χ0n) is 10.9. The van der Waals surface area contributed by atoms with Crippen molar-refractivity contribution < 1.29 is 0 Å². The van der Waals surface area contributed by atoms with Gasteiger partial charge in [-0.25, -0.2) is 4.52 Å². The lowest BCUT2D eigenvalue weighted by molar-refractivity contribution is 0.935. The second-order valence-electron chi connectivity index (χ2n) is 4.56. The van der Waals surface area contributed by atoms with Crippen molar-refractivity contribution in [2.24, 2.45) is 0 Å². The van der Waals surface area contributed by atoms with Crippen LogP contribution in [0.15, 0.2) is 48.7 Å². The van der Waals surface area contributed by atoms with Crippen molar-refractivity contribution >= 4 is 11.6 Å². The molecule has 19 heavy (non-hydrogen) atoms. The molecule has 0 aliphatic heterocycles. The Labute approximate surface area is 112 Å². The maximum Gasteiger partial charge on any atom is 0.243 e. The van der Waals surface area contributed by atoms with Gasteiger partial charge in [-0.1, -0.05) is 36.4 Å². The third kappa shape index (κ3) is 2.57. The van der Waals surface area contributed by atoms with Crippen molar-refractivity contribution in [1.82, 2.24) is 14.6 Å². The third-order valence-corrected chi connectivity index (χ3v) is 3.10. The molecule has 0 atom stereocenters. The average Bonchev–Trinajstić information content (AvgIpc) is 2.84. The highest BCUT2D eigenvalue weighted by atomic mass is 15.3. The number of hydrogen-bond acceptors (Lipinski definition) is 3. The lowest BCUT2D eigenvalue weighted by Crippen LogP contribution is -2.06. The van der Waals surface area contributed by atoms with Crippen LogP contribution in [0, 0.1) is 6.92 Å². The van der Waals surface area contributed by atoms with Gasteiger partial charge >= 0.3 is 0 Å². The average molecular weight is 252 g/mol. The van der Waals surface area contributed by atoms with E-state index in [4.69, 9.17) is 0 Å². The number of hydrogen-bond donors (Lipinski definition) is 1. The maximum absolute atomic E-state index is 4.48. The van der Waals surface area contributed by atoms with Gasteiger partial charge in [0.1, 0.15) is 0 Å². The zero-order valence-corrected chi connectivity index (χ0v) is 10.9. The summed E-state index contributed by atoms with van der Waals surface area (Å²) in [5.74, 6) is 0.685. The Hall–Kier alpha value is -2.36. The molecule has 1 N–H and O–H groups in total. The summed E-state index contributed by atoms with van der Waals surface area (Å²) in [6, 6.07) is 14.4. The predicted molar refractivity (Wildman–Crippen MR) is 76.4 cm³/mol. The monoisotopic (exact) mass is 252 g/mol. The molecule has 0 spiro atoms. The first-order chi connectivity index (χ1) is 9.33. The second kappa shape index (κ2) is 5.10. The van der Waals surface area contributed by atoms with Crippen molar-refractivity contribution in [3.05, 3.63) is 59.8 Å². The van der Waals surface area contributed by atoms with Gasteiger partial charge in [-0.2, -0.15) is 4.98 Å². The summed E-state index contributed by atoms with van der Waals surface area (Å²) in [6.45, 7) is 2.87. The van der Waals surface area contributed by atoms with Crippen LogP contribution in [0.4, 0.5) is 5.95 Å². The Balaban J connectivity index is 1.67. The van der Waals surface area contributed by atoms with Gasteiger partial charge in [-0.05, 0) is 30.5 Å².